The molecule has 2 aromatic rings. The van der Waals surface area contributed by atoms with Crippen molar-refractivity contribution in [2.24, 2.45) is 5.14 Å². The van der Waals surface area contributed by atoms with Crippen LogP contribution < -0.4 is 10.5 Å². The number of nitrogens with one attached hydrogen (secondary N) is 1. The minimum atomic E-state index is -5.99. The van der Waals surface area contributed by atoms with Gasteiger partial charge in [0.05, 0.1) is 17.0 Å². The van der Waals surface area contributed by atoms with E-state index in [9.17, 15) is 39.9 Å². The number of carboxylic acid groups (broad SMARTS) is 1. The number of sulfone groups is 1. The molecule has 0 fully saturated rings. The molecule has 0 aliphatic rings. The third-order valence-corrected chi connectivity index (χ3v) is 7.92. The maximum Gasteiger partial charge on any atom is 0.501 e. The molecule has 0 heterocycles. The largest absolute Gasteiger partial charge is 0.501 e. The van der Waals surface area contributed by atoms with E-state index in [1.165, 1.54) is 11.8 Å². The van der Waals surface area contributed by atoms with Gasteiger partial charge in [-0.05, 0) is 30.3 Å². The standard InChI is InChI=1S/C18H19F3N2O6S3/c1-11(30-12-5-3-2-4-6-12)15(10-17(24)25)23-14-8-7-13(32(22,28)29)9-16(14)31(26,27)18(19,20)21/h2-9,11,15,23H,10H2,1H3,(H,24,25)(H2,22,28,29)/t11?,15-/m1/s1. The molecule has 0 aromatic heterocycles. The van der Waals surface area contributed by atoms with Crippen molar-refractivity contribution in [3.05, 3.63) is 48.5 Å². The fourth-order valence-electron chi connectivity index (χ4n) is 2.66. The van der Waals surface area contributed by atoms with Crippen molar-refractivity contribution in [1.82, 2.24) is 0 Å². The summed E-state index contributed by atoms with van der Waals surface area (Å²) in [6, 6.07) is 9.69. The monoisotopic (exact) mass is 512 g/mol. The van der Waals surface area contributed by atoms with E-state index < -0.39 is 64.5 Å². The van der Waals surface area contributed by atoms with E-state index >= 15 is 0 Å². The van der Waals surface area contributed by atoms with Crippen molar-refractivity contribution in [2.45, 2.75) is 44.8 Å². The Hall–Kier alpha value is -2.29. The molecule has 14 heteroatoms. The lowest BCUT2D eigenvalue weighted by Crippen LogP contribution is -2.33. The van der Waals surface area contributed by atoms with E-state index in [0.29, 0.717) is 6.07 Å². The molecule has 0 aliphatic carbocycles. The number of rotatable bonds is 9. The Morgan fingerprint density at radius 2 is 1.72 bits per heavy atom. The fourth-order valence-corrected chi connectivity index (χ4v) is 5.30. The zero-order valence-corrected chi connectivity index (χ0v) is 18.9. The topological polar surface area (TPSA) is 144 Å². The van der Waals surface area contributed by atoms with Crippen molar-refractivity contribution in [3.8, 4) is 0 Å². The Morgan fingerprint density at radius 3 is 2.22 bits per heavy atom. The van der Waals surface area contributed by atoms with Crippen LogP contribution in [0, 0.1) is 0 Å². The predicted molar refractivity (Wildman–Crippen MR) is 112 cm³/mol. The minimum Gasteiger partial charge on any atom is -0.481 e. The number of nitrogens with two attached hydrogens (primary N) is 1. The Morgan fingerprint density at radius 1 is 1.12 bits per heavy atom. The molecule has 8 nitrogen and oxygen atoms in total. The second kappa shape index (κ2) is 9.68. The summed E-state index contributed by atoms with van der Waals surface area (Å²) in [5.74, 6) is -1.27. The maximum absolute atomic E-state index is 13.2. The number of halogens is 3. The Bertz CT molecular complexity index is 1190. The molecule has 0 spiro atoms. The minimum absolute atomic E-state index is 0.299. The summed E-state index contributed by atoms with van der Waals surface area (Å²) in [4.78, 5) is 9.88. The van der Waals surface area contributed by atoms with E-state index in [0.717, 1.165) is 17.0 Å². The molecular weight excluding hydrogens is 493 g/mol. The molecule has 0 radical (unpaired) electrons. The summed E-state index contributed by atoms with van der Waals surface area (Å²) in [7, 11) is -10.5. The summed E-state index contributed by atoms with van der Waals surface area (Å²) in [5, 5.41) is 16.2. The normalized spacial score (nSPS) is 14.5. The summed E-state index contributed by atoms with van der Waals surface area (Å²) >= 11 is 1.23. The summed E-state index contributed by atoms with van der Waals surface area (Å²) in [5.41, 5.74) is -6.32. The van der Waals surface area contributed by atoms with Gasteiger partial charge in [-0.25, -0.2) is 22.0 Å². The number of hydrogen-bond acceptors (Lipinski definition) is 7. The first-order chi connectivity index (χ1) is 14.6. The first-order valence-electron chi connectivity index (χ1n) is 8.81. The fraction of sp³-hybridized carbons (Fsp3) is 0.278. The van der Waals surface area contributed by atoms with Crippen LogP contribution in [-0.2, 0) is 24.7 Å². The van der Waals surface area contributed by atoms with Gasteiger partial charge in [0.15, 0.2) is 0 Å². The highest BCUT2D eigenvalue weighted by atomic mass is 32.2. The number of carboxylic acids is 1. The average Bonchev–Trinajstić information content (AvgIpc) is 2.66. The average molecular weight is 513 g/mol. The van der Waals surface area contributed by atoms with Gasteiger partial charge in [0.25, 0.3) is 9.84 Å². The number of hydrogen-bond donors (Lipinski definition) is 3. The van der Waals surface area contributed by atoms with Gasteiger partial charge in [0.1, 0.15) is 4.90 Å². The summed E-state index contributed by atoms with van der Waals surface area (Å²) < 4.78 is 87.0. The summed E-state index contributed by atoms with van der Waals surface area (Å²) in [6.07, 6.45) is -0.552. The second-order valence-corrected chi connectivity index (χ2v) is 11.6. The van der Waals surface area contributed by atoms with Crippen LogP contribution in [-0.4, -0.2) is 44.7 Å². The van der Waals surface area contributed by atoms with Crippen molar-refractivity contribution in [1.29, 1.82) is 0 Å². The van der Waals surface area contributed by atoms with E-state index in [1.54, 1.807) is 37.3 Å². The molecule has 0 amide bonds. The molecular formula is C18H19F3N2O6S3. The highest BCUT2D eigenvalue weighted by Crippen LogP contribution is 2.37. The van der Waals surface area contributed by atoms with Crippen LogP contribution in [0.15, 0.2) is 63.2 Å². The maximum atomic E-state index is 13.2. The van der Waals surface area contributed by atoms with Crippen LogP contribution in [0.4, 0.5) is 18.9 Å². The molecule has 2 atom stereocenters. The van der Waals surface area contributed by atoms with Crippen LogP contribution in [0.5, 0.6) is 0 Å². The number of sulfonamides is 1. The van der Waals surface area contributed by atoms with Gasteiger partial charge in [-0.2, -0.15) is 13.2 Å². The lowest BCUT2D eigenvalue weighted by molar-refractivity contribution is -0.137. The molecule has 1 unspecified atom stereocenters. The SMILES string of the molecule is CC(Sc1ccccc1)[C@@H](CC(=O)O)Nc1ccc(S(N)(=O)=O)cc1S(=O)(=O)C(F)(F)F. The first kappa shape index (κ1) is 26.0. The molecule has 0 bridgehead atoms. The van der Waals surface area contributed by atoms with Gasteiger partial charge in [-0.3, -0.25) is 4.79 Å². The molecule has 0 saturated heterocycles. The molecule has 2 rings (SSSR count). The van der Waals surface area contributed by atoms with Crippen LogP contribution >= 0.6 is 11.8 Å². The van der Waals surface area contributed by atoms with Gasteiger partial charge in [0.2, 0.25) is 10.0 Å². The van der Waals surface area contributed by atoms with Gasteiger partial charge in [-0.15, -0.1) is 11.8 Å². The van der Waals surface area contributed by atoms with Crippen LogP contribution in [0.25, 0.3) is 0 Å². The van der Waals surface area contributed by atoms with Gasteiger partial charge in [-0.1, -0.05) is 25.1 Å². The lowest BCUT2D eigenvalue weighted by atomic mass is 10.1. The van der Waals surface area contributed by atoms with Crippen molar-refractivity contribution in [3.63, 3.8) is 0 Å². The third-order valence-electron chi connectivity index (χ3n) is 4.24. The van der Waals surface area contributed by atoms with Crippen molar-refractivity contribution >= 4 is 43.3 Å². The van der Waals surface area contributed by atoms with Gasteiger partial charge >= 0.3 is 11.5 Å². The van der Waals surface area contributed by atoms with E-state index in [1.807, 2.05) is 0 Å². The molecule has 0 aliphatic heterocycles. The van der Waals surface area contributed by atoms with E-state index in [2.05, 4.69) is 5.32 Å². The summed E-state index contributed by atoms with van der Waals surface area (Å²) in [6.45, 7) is 1.62. The number of primary sulfonamides is 1. The number of thioether (sulfide) groups is 1. The lowest BCUT2D eigenvalue weighted by Gasteiger charge is -2.26. The highest BCUT2D eigenvalue weighted by Gasteiger charge is 2.48. The van der Waals surface area contributed by atoms with Gasteiger partial charge < -0.3 is 10.4 Å². The van der Waals surface area contributed by atoms with Crippen molar-refractivity contribution < 1.29 is 39.9 Å². The zero-order chi connectivity index (χ0) is 24.3. The molecule has 176 valence electrons. The number of alkyl halides is 3. The molecule has 32 heavy (non-hydrogen) atoms. The van der Waals surface area contributed by atoms with Crippen LogP contribution in [0.3, 0.4) is 0 Å². The number of aliphatic carboxylic acids is 1. The molecule has 2 aromatic carbocycles. The highest BCUT2D eigenvalue weighted by molar-refractivity contribution is 8.00. The van der Waals surface area contributed by atoms with Crippen LogP contribution in [0.1, 0.15) is 13.3 Å². The predicted octanol–water partition coefficient (Wildman–Crippen LogP) is 3.06. The number of carbonyl (C=O) groups is 1. The Labute approximate surface area is 187 Å². The van der Waals surface area contributed by atoms with Crippen molar-refractivity contribution in [2.75, 3.05) is 5.32 Å². The number of anilines is 1. The quantitative estimate of drug-likeness (QED) is 0.435. The zero-order valence-electron chi connectivity index (χ0n) is 16.4. The van der Waals surface area contributed by atoms with E-state index in [-0.39, 0.29) is 0 Å². The Kier molecular flexibility index (Phi) is 7.86. The first-order valence-corrected chi connectivity index (χ1v) is 12.7. The molecule has 0 saturated carbocycles. The smallest absolute Gasteiger partial charge is 0.481 e. The number of benzene rings is 2. The second-order valence-electron chi connectivity index (χ2n) is 6.64. The third kappa shape index (κ3) is 6.37. The Balaban J connectivity index is 2.53. The van der Waals surface area contributed by atoms with Crippen LogP contribution in [0.2, 0.25) is 0 Å². The molecule has 4 N–H and O–H groups in total. The van der Waals surface area contributed by atoms with E-state index in [4.69, 9.17) is 5.14 Å². The van der Waals surface area contributed by atoms with Gasteiger partial charge in [0, 0.05) is 16.2 Å².